The number of urea groups is 1. The van der Waals surface area contributed by atoms with Crippen LogP contribution in [-0.4, -0.2) is 43.2 Å². The van der Waals surface area contributed by atoms with E-state index in [-0.39, 0.29) is 12.3 Å². The summed E-state index contributed by atoms with van der Waals surface area (Å²) >= 11 is 0. The predicted octanol–water partition coefficient (Wildman–Crippen LogP) is 1.33. The number of likely N-dealkylation sites (tertiary alicyclic amines) is 1. The number of nitro benzene ring substituents is 1. The number of ether oxygens (including phenoxy) is 1. The molecule has 0 unspecified atom stereocenters. The molecule has 9 nitrogen and oxygen atoms in total. The number of esters is 1. The standard InChI is InChI=1S/C21H28N4O5/c1-4-30-20(26)18-17(12-24-10-13(2)8-14(3)11-24)22-21(27)23-19(18)15-6-5-7-16(9-15)25(28)29/h5-7,9,13-14,19H,4,8,10-12H2,1-3H3,(H2,22,23,27)/p+1/t13-,14-,19+/m0/s1. The van der Waals surface area contributed by atoms with E-state index < -0.39 is 23.0 Å². The van der Waals surface area contributed by atoms with Crippen LogP contribution in [0.25, 0.3) is 0 Å². The van der Waals surface area contributed by atoms with Crippen LogP contribution in [0.3, 0.4) is 0 Å². The summed E-state index contributed by atoms with van der Waals surface area (Å²) in [5.41, 5.74) is 1.18. The Morgan fingerprint density at radius 1 is 1.30 bits per heavy atom. The Bertz CT molecular complexity index is 859. The Morgan fingerprint density at radius 3 is 2.63 bits per heavy atom. The molecule has 3 rings (SSSR count). The number of carbonyl (C=O) groups is 2. The predicted molar refractivity (Wildman–Crippen MR) is 110 cm³/mol. The summed E-state index contributed by atoms with van der Waals surface area (Å²) in [5, 5.41) is 16.7. The quantitative estimate of drug-likeness (QED) is 0.367. The molecule has 0 aromatic heterocycles. The highest BCUT2D eigenvalue weighted by molar-refractivity contribution is 5.95. The first-order valence-corrected chi connectivity index (χ1v) is 10.3. The van der Waals surface area contributed by atoms with E-state index in [4.69, 9.17) is 4.74 Å². The summed E-state index contributed by atoms with van der Waals surface area (Å²) in [6, 6.07) is 4.72. The highest BCUT2D eigenvalue weighted by Crippen LogP contribution is 2.29. The second-order valence-corrected chi connectivity index (χ2v) is 8.28. The van der Waals surface area contributed by atoms with Gasteiger partial charge < -0.3 is 20.3 Å². The first-order chi connectivity index (χ1) is 14.3. The molecule has 1 aromatic carbocycles. The molecule has 1 aromatic rings. The second kappa shape index (κ2) is 9.25. The topological polar surface area (TPSA) is 115 Å². The third-order valence-electron chi connectivity index (χ3n) is 5.57. The van der Waals surface area contributed by atoms with Crippen molar-refractivity contribution < 1.29 is 24.1 Å². The smallest absolute Gasteiger partial charge is 0.338 e. The van der Waals surface area contributed by atoms with Crippen LogP contribution in [0.4, 0.5) is 10.5 Å². The van der Waals surface area contributed by atoms with Crippen molar-refractivity contribution >= 4 is 17.7 Å². The molecule has 2 aliphatic rings. The Balaban J connectivity index is 2.01. The molecule has 3 atom stereocenters. The normalized spacial score (nSPS) is 26.6. The van der Waals surface area contributed by atoms with E-state index >= 15 is 0 Å². The molecule has 0 saturated carbocycles. The van der Waals surface area contributed by atoms with Crippen molar-refractivity contribution in [3.05, 3.63) is 51.2 Å². The highest BCUT2D eigenvalue weighted by Gasteiger charge is 2.37. The third-order valence-corrected chi connectivity index (χ3v) is 5.57. The van der Waals surface area contributed by atoms with Crippen LogP contribution < -0.4 is 15.5 Å². The summed E-state index contributed by atoms with van der Waals surface area (Å²) in [7, 11) is 0. The fourth-order valence-electron chi connectivity index (χ4n) is 4.59. The van der Waals surface area contributed by atoms with Crippen molar-refractivity contribution in [3.63, 3.8) is 0 Å². The van der Waals surface area contributed by atoms with Gasteiger partial charge in [-0.25, -0.2) is 9.59 Å². The van der Waals surface area contributed by atoms with Crippen molar-refractivity contribution in [3.8, 4) is 0 Å². The number of quaternary nitrogens is 1. The van der Waals surface area contributed by atoms with Gasteiger partial charge in [0.1, 0.15) is 6.54 Å². The first-order valence-electron chi connectivity index (χ1n) is 10.3. The highest BCUT2D eigenvalue weighted by atomic mass is 16.6. The lowest BCUT2D eigenvalue weighted by Gasteiger charge is -2.35. The lowest BCUT2D eigenvalue weighted by molar-refractivity contribution is -0.907. The first kappa shape index (κ1) is 21.8. The second-order valence-electron chi connectivity index (χ2n) is 8.28. The van der Waals surface area contributed by atoms with E-state index in [0.29, 0.717) is 35.2 Å². The number of nitrogens with one attached hydrogen (secondary N) is 3. The van der Waals surface area contributed by atoms with Gasteiger partial charge in [-0.1, -0.05) is 26.0 Å². The molecule has 30 heavy (non-hydrogen) atoms. The average Bonchev–Trinajstić information content (AvgIpc) is 2.67. The minimum atomic E-state index is -0.813. The van der Waals surface area contributed by atoms with Gasteiger partial charge in [0.25, 0.3) is 5.69 Å². The van der Waals surface area contributed by atoms with Gasteiger partial charge in [0.2, 0.25) is 0 Å². The fourth-order valence-corrected chi connectivity index (χ4v) is 4.59. The number of carbonyl (C=O) groups excluding carboxylic acids is 2. The van der Waals surface area contributed by atoms with E-state index in [2.05, 4.69) is 24.5 Å². The van der Waals surface area contributed by atoms with E-state index in [0.717, 1.165) is 19.5 Å². The molecular formula is C21H29N4O5+. The van der Waals surface area contributed by atoms with Gasteiger partial charge >= 0.3 is 12.0 Å². The molecule has 2 amide bonds. The Kier molecular flexibility index (Phi) is 6.71. The molecule has 0 aliphatic carbocycles. The average molecular weight is 417 g/mol. The zero-order valence-electron chi connectivity index (χ0n) is 17.6. The Morgan fingerprint density at radius 2 is 2.00 bits per heavy atom. The number of hydrogen-bond donors (Lipinski definition) is 3. The van der Waals surface area contributed by atoms with Crippen LogP contribution in [0.2, 0.25) is 0 Å². The van der Waals surface area contributed by atoms with Gasteiger partial charge in [-0.15, -0.1) is 0 Å². The zero-order valence-corrected chi connectivity index (χ0v) is 17.6. The maximum Gasteiger partial charge on any atom is 0.338 e. The van der Waals surface area contributed by atoms with Crippen molar-refractivity contribution in [2.45, 2.75) is 33.2 Å². The molecule has 9 heteroatoms. The van der Waals surface area contributed by atoms with E-state index in [1.165, 1.54) is 17.0 Å². The van der Waals surface area contributed by atoms with Gasteiger partial charge in [-0.3, -0.25) is 10.1 Å². The number of hydrogen-bond acceptors (Lipinski definition) is 5. The van der Waals surface area contributed by atoms with Gasteiger partial charge in [0.05, 0.1) is 41.9 Å². The number of non-ortho nitro benzene ring substituents is 1. The number of rotatable bonds is 6. The monoisotopic (exact) mass is 417 g/mol. The van der Waals surface area contributed by atoms with Crippen molar-refractivity contribution in [1.82, 2.24) is 10.6 Å². The SMILES string of the molecule is CCOC(=O)C1=C(C[NH+]2C[C@@H](C)C[C@H](C)C2)NC(=O)N[C@@H]1c1cccc([N+](=O)[O-])c1. The number of nitrogens with zero attached hydrogens (tertiary/aromatic N) is 1. The summed E-state index contributed by atoms with van der Waals surface area (Å²) in [6.45, 7) is 8.72. The van der Waals surface area contributed by atoms with E-state index in [1.807, 2.05) is 0 Å². The molecular weight excluding hydrogens is 388 g/mol. The maximum atomic E-state index is 12.9. The van der Waals surface area contributed by atoms with Gasteiger partial charge in [-0.2, -0.15) is 0 Å². The van der Waals surface area contributed by atoms with Crippen LogP contribution in [0.5, 0.6) is 0 Å². The minimum absolute atomic E-state index is 0.102. The summed E-state index contributed by atoms with van der Waals surface area (Å²) in [6.07, 6.45) is 1.16. The Hall–Kier alpha value is -2.94. The lowest BCUT2D eigenvalue weighted by Crippen LogP contribution is -3.14. The molecule has 3 N–H and O–H groups in total. The van der Waals surface area contributed by atoms with Crippen molar-refractivity contribution in [1.29, 1.82) is 0 Å². The van der Waals surface area contributed by atoms with Gasteiger partial charge in [0, 0.05) is 24.0 Å². The maximum absolute atomic E-state index is 12.9. The van der Waals surface area contributed by atoms with Crippen LogP contribution in [0.1, 0.15) is 38.8 Å². The molecule has 0 radical (unpaired) electrons. The molecule has 2 aliphatic heterocycles. The van der Waals surface area contributed by atoms with Gasteiger partial charge in [0.15, 0.2) is 0 Å². The third kappa shape index (κ3) is 4.96. The lowest BCUT2D eigenvalue weighted by atomic mass is 9.91. The van der Waals surface area contributed by atoms with E-state index in [1.54, 1.807) is 19.1 Å². The molecule has 2 heterocycles. The number of nitro groups is 1. The summed E-state index contributed by atoms with van der Waals surface area (Å²) in [4.78, 5) is 37.3. The number of amides is 2. The fraction of sp³-hybridized carbons (Fsp3) is 0.524. The largest absolute Gasteiger partial charge is 0.463 e. The van der Waals surface area contributed by atoms with E-state index in [9.17, 15) is 19.7 Å². The summed E-state index contributed by atoms with van der Waals surface area (Å²) < 4.78 is 5.28. The molecule has 0 bridgehead atoms. The molecule has 162 valence electrons. The van der Waals surface area contributed by atoms with Crippen molar-refractivity contribution in [2.75, 3.05) is 26.2 Å². The van der Waals surface area contributed by atoms with Crippen LogP contribution >= 0.6 is 0 Å². The minimum Gasteiger partial charge on any atom is -0.463 e. The molecule has 1 fully saturated rings. The van der Waals surface area contributed by atoms with Crippen LogP contribution in [0.15, 0.2) is 35.5 Å². The number of benzene rings is 1. The van der Waals surface area contributed by atoms with Gasteiger partial charge in [-0.05, 0) is 18.9 Å². The molecule has 1 saturated heterocycles. The Labute approximate surface area is 175 Å². The summed E-state index contributed by atoms with van der Waals surface area (Å²) in [5.74, 6) is 0.578. The van der Waals surface area contributed by atoms with Crippen LogP contribution in [0, 0.1) is 22.0 Å². The zero-order chi connectivity index (χ0) is 21.8. The number of piperidine rings is 1. The van der Waals surface area contributed by atoms with Crippen molar-refractivity contribution in [2.24, 2.45) is 11.8 Å². The molecule has 0 spiro atoms. The van der Waals surface area contributed by atoms with Crippen LogP contribution in [-0.2, 0) is 9.53 Å².